The highest BCUT2D eigenvalue weighted by molar-refractivity contribution is 5.36. The van der Waals surface area contributed by atoms with Crippen molar-refractivity contribution in [2.24, 2.45) is 0 Å². The molecule has 0 bridgehead atoms. The molecule has 2 rings (SSSR count). The molecule has 0 aliphatic rings. The number of nitrogens with zero attached hydrogens (tertiary/aromatic N) is 2. The average molecular weight is 257 g/mol. The Morgan fingerprint density at radius 2 is 1.84 bits per heavy atom. The molecule has 0 aliphatic heterocycles. The molecule has 4 nitrogen and oxygen atoms in total. The van der Waals surface area contributed by atoms with E-state index in [0.29, 0.717) is 5.88 Å². The number of hydrogen-bond acceptors (Lipinski definition) is 4. The Kier molecular flexibility index (Phi) is 3.42. The first kappa shape index (κ1) is 13.3. The molecule has 2 aromatic rings. The number of nitrogens with two attached hydrogens (primary N) is 1. The highest BCUT2D eigenvalue weighted by Crippen LogP contribution is 2.28. The van der Waals surface area contributed by atoms with Gasteiger partial charge < -0.3 is 10.5 Å². The molecule has 2 N–H and O–H groups in total. The predicted octanol–water partition coefficient (Wildman–Crippen LogP) is 3.46. The SMILES string of the molecule is Cc1cc(Oc2cccc(C(C)(C)C)c2)nc(N)n1. The van der Waals surface area contributed by atoms with E-state index < -0.39 is 0 Å². The van der Waals surface area contributed by atoms with Crippen LogP contribution < -0.4 is 10.5 Å². The van der Waals surface area contributed by atoms with Gasteiger partial charge in [-0.3, -0.25) is 0 Å². The van der Waals surface area contributed by atoms with Crippen LogP contribution in [0.4, 0.5) is 5.95 Å². The number of hydrogen-bond donors (Lipinski definition) is 1. The smallest absolute Gasteiger partial charge is 0.224 e. The molecule has 0 radical (unpaired) electrons. The summed E-state index contributed by atoms with van der Waals surface area (Å²) in [6.45, 7) is 8.35. The third-order valence-electron chi connectivity index (χ3n) is 2.77. The molecule has 0 amide bonds. The van der Waals surface area contributed by atoms with Gasteiger partial charge in [-0.15, -0.1) is 0 Å². The fraction of sp³-hybridized carbons (Fsp3) is 0.333. The zero-order valence-electron chi connectivity index (χ0n) is 11.8. The van der Waals surface area contributed by atoms with Gasteiger partial charge in [-0.1, -0.05) is 32.9 Å². The summed E-state index contributed by atoms with van der Waals surface area (Å²) in [4.78, 5) is 8.08. The van der Waals surface area contributed by atoms with Crippen LogP contribution in [0.25, 0.3) is 0 Å². The van der Waals surface area contributed by atoms with E-state index in [2.05, 4.69) is 36.8 Å². The summed E-state index contributed by atoms with van der Waals surface area (Å²) in [5.74, 6) is 1.45. The Morgan fingerprint density at radius 3 is 2.47 bits per heavy atom. The third kappa shape index (κ3) is 3.44. The second kappa shape index (κ2) is 4.88. The van der Waals surface area contributed by atoms with Crippen LogP contribution in [-0.2, 0) is 5.41 Å². The molecule has 0 atom stereocenters. The minimum Gasteiger partial charge on any atom is -0.439 e. The first-order chi connectivity index (χ1) is 8.84. The molecule has 0 aliphatic carbocycles. The highest BCUT2D eigenvalue weighted by atomic mass is 16.5. The van der Waals surface area contributed by atoms with Crippen molar-refractivity contribution in [3.63, 3.8) is 0 Å². The van der Waals surface area contributed by atoms with E-state index in [1.807, 2.05) is 25.1 Å². The van der Waals surface area contributed by atoms with Crippen LogP contribution in [0.2, 0.25) is 0 Å². The lowest BCUT2D eigenvalue weighted by molar-refractivity contribution is 0.458. The van der Waals surface area contributed by atoms with Crippen molar-refractivity contribution in [2.75, 3.05) is 5.73 Å². The molecule has 0 saturated carbocycles. The van der Waals surface area contributed by atoms with Crippen LogP contribution in [0.5, 0.6) is 11.6 Å². The van der Waals surface area contributed by atoms with Gasteiger partial charge in [-0.05, 0) is 30.0 Å². The van der Waals surface area contributed by atoms with Gasteiger partial charge in [-0.25, -0.2) is 4.98 Å². The van der Waals surface area contributed by atoms with Crippen LogP contribution in [0.15, 0.2) is 30.3 Å². The van der Waals surface area contributed by atoms with E-state index in [1.165, 1.54) is 5.56 Å². The first-order valence-corrected chi connectivity index (χ1v) is 6.24. The van der Waals surface area contributed by atoms with Crippen molar-refractivity contribution in [1.29, 1.82) is 0 Å². The monoisotopic (exact) mass is 257 g/mol. The van der Waals surface area contributed by atoms with Gasteiger partial charge in [0.25, 0.3) is 0 Å². The van der Waals surface area contributed by atoms with E-state index in [1.54, 1.807) is 6.07 Å². The number of ether oxygens (including phenoxy) is 1. The molecule has 1 heterocycles. The van der Waals surface area contributed by atoms with E-state index in [4.69, 9.17) is 10.5 Å². The van der Waals surface area contributed by atoms with Crippen molar-refractivity contribution in [1.82, 2.24) is 9.97 Å². The molecule has 4 heteroatoms. The Hall–Kier alpha value is -2.10. The zero-order valence-corrected chi connectivity index (χ0v) is 11.8. The predicted molar refractivity (Wildman–Crippen MR) is 76.4 cm³/mol. The lowest BCUT2D eigenvalue weighted by Crippen LogP contribution is -2.10. The van der Waals surface area contributed by atoms with Crippen LogP contribution in [0, 0.1) is 6.92 Å². The largest absolute Gasteiger partial charge is 0.439 e. The van der Waals surface area contributed by atoms with Gasteiger partial charge >= 0.3 is 0 Å². The Morgan fingerprint density at radius 1 is 1.11 bits per heavy atom. The highest BCUT2D eigenvalue weighted by Gasteiger charge is 2.14. The lowest BCUT2D eigenvalue weighted by atomic mass is 9.87. The van der Waals surface area contributed by atoms with E-state index in [0.717, 1.165) is 11.4 Å². The standard InChI is InChI=1S/C15H19N3O/c1-10-8-13(18-14(16)17-10)19-12-7-5-6-11(9-12)15(2,3)4/h5-9H,1-4H3,(H2,16,17,18). The van der Waals surface area contributed by atoms with Crippen LogP contribution in [-0.4, -0.2) is 9.97 Å². The van der Waals surface area contributed by atoms with Crippen molar-refractivity contribution < 1.29 is 4.74 Å². The van der Waals surface area contributed by atoms with Crippen LogP contribution in [0.1, 0.15) is 32.0 Å². The van der Waals surface area contributed by atoms with Crippen molar-refractivity contribution in [3.8, 4) is 11.6 Å². The van der Waals surface area contributed by atoms with Crippen LogP contribution >= 0.6 is 0 Å². The second-order valence-corrected chi connectivity index (χ2v) is 5.59. The maximum Gasteiger partial charge on any atom is 0.224 e. The first-order valence-electron chi connectivity index (χ1n) is 6.24. The molecule has 1 aromatic heterocycles. The summed E-state index contributed by atoms with van der Waals surface area (Å²) in [7, 11) is 0. The summed E-state index contributed by atoms with van der Waals surface area (Å²) >= 11 is 0. The van der Waals surface area contributed by atoms with Gasteiger partial charge in [0.05, 0.1) is 0 Å². The molecular weight excluding hydrogens is 238 g/mol. The summed E-state index contributed by atoms with van der Waals surface area (Å²) < 4.78 is 5.74. The molecule has 19 heavy (non-hydrogen) atoms. The number of nitrogen functional groups attached to an aromatic ring is 1. The molecule has 100 valence electrons. The number of benzene rings is 1. The molecule has 1 aromatic carbocycles. The average Bonchev–Trinajstić information content (AvgIpc) is 2.26. The van der Waals surface area contributed by atoms with Gasteiger partial charge in [0.15, 0.2) is 0 Å². The Bertz CT molecular complexity index is 568. The fourth-order valence-electron chi connectivity index (χ4n) is 1.76. The number of aryl methyl sites for hydroxylation is 1. The second-order valence-electron chi connectivity index (χ2n) is 5.59. The molecule has 0 saturated heterocycles. The summed E-state index contributed by atoms with van der Waals surface area (Å²) in [5.41, 5.74) is 7.69. The van der Waals surface area contributed by atoms with Gasteiger partial charge in [0.2, 0.25) is 11.8 Å². The zero-order chi connectivity index (χ0) is 14.0. The molecule has 0 fully saturated rings. The van der Waals surface area contributed by atoms with Gasteiger partial charge in [-0.2, -0.15) is 4.98 Å². The molecule has 0 unspecified atom stereocenters. The third-order valence-corrected chi connectivity index (χ3v) is 2.77. The summed E-state index contributed by atoms with van der Waals surface area (Å²) in [6, 6.07) is 9.76. The van der Waals surface area contributed by atoms with Crippen LogP contribution in [0.3, 0.4) is 0 Å². The van der Waals surface area contributed by atoms with Crippen molar-refractivity contribution >= 4 is 5.95 Å². The summed E-state index contributed by atoms with van der Waals surface area (Å²) in [6.07, 6.45) is 0. The fourth-order valence-corrected chi connectivity index (χ4v) is 1.76. The maximum atomic E-state index is 5.74. The molecule has 0 spiro atoms. The normalized spacial score (nSPS) is 11.4. The van der Waals surface area contributed by atoms with Crippen molar-refractivity contribution in [2.45, 2.75) is 33.1 Å². The maximum absolute atomic E-state index is 5.74. The topological polar surface area (TPSA) is 61.0 Å². The Balaban J connectivity index is 2.28. The Labute approximate surface area is 113 Å². The van der Waals surface area contributed by atoms with E-state index >= 15 is 0 Å². The van der Waals surface area contributed by atoms with E-state index in [9.17, 15) is 0 Å². The lowest BCUT2D eigenvalue weighted by Gasteiger charge is -2.19. The number of rotatable bonds is 2. The van der Waals surface area contributed by atoms with Gasteiger partial charge in [0, 0.05) is 11.8 Å². The minimum absolute atomic E-state index is 0.0833. The van der Waals surface area contributed by atoms with E-state index in [-0.39, 0.29) is 11.4 Å². The quantitative estimate of drug-likeness (QED) is 0.895. The molecular formula is C15H19N3O. The number of anilines is 1. The number of aromatic nitrogens is 2. The van der Waals surface area contributed by atoms with Crippen molar-refractivity contribution in [3.05, 3.63) is 41.6 Å². The summed E-state index contributed by atoms with van der Waals surface area (Å²) in [5, 5.41) is 0. The van der Waals surface area contributed by atoms with Gasteiger partial charge in [0.1, 0.15) is 5.75 Å². The minimum atomic E-state index is 0.0833.